The summed E-state index contributed by atoms with van der Waals surface area (Å²) < 4.78 is 10.9. The predicted molar refractivity (Wildman–Crippen MR) is 75.4 cm³/mol. The largest absolute Gasteiger partial charge is 0.463 e. The van der Waals surface area contributed by atoms with Crippen LogP contribution in [-0.4, -0.2) is 30.8 Å². The van der Waals surface area contributed by atoms with Gasteiger partial charge in [0.05, 0.1) is 17.4 Å². The zero-order chi connectivity index (χ0) is 12.9. The number of hydrogen-bond donors (Lipinski definition) is 1. The summed E-state index contributed by atoms with van der Waals surface area (Å²) in [5.74, 6) is 0.842. The number of aromatic nitrogens is 1. The summed E-state index contributed by atoms with van der Waals surface area (Å²) in [7, 11) is 0. The topological polar surface area (TPSA) is 47.3 Å². The second-order valence-electron chi connectivity index (χ2n) is 4.69. The molecule has 2 aromatic heterocycles. The van der Waals surface area contributed by atoms with Crippen LogP contribution < -0.4 is 5.32 Å². The molecule has 19 heavy (non-hydrogen) atoms. The Balaban J connectivity index is 1.43. The second kappa shape index (κ2) is 6.32. The summed E-state index contributed by atoms with van der Waals surface area (Å²) in [5, 5.41) is 6.63. The first-order valence-corrected chi connectivity index (χ1v) is 7.60. The van der Waals surface area contributed by atoms with Crippen LogP contribution in [0.15, 0.2) is 28.2 Å². The maximum atomic E-state index is 5.57. The van der Waals surface area contributed by atoms with Crippen LogP contribution in [0.1, 0.15) is 17.8 Å². The Morgan fingerprint density at radius 1 is 1.47 bits per heavy atom. The number of rotatable bonds is 6. The van der Waals surface area contributed by atoms with Crippen molar-refractivity contribution in [3.8, 4) is 11.5 Å². The predicted octanol–water partition coefficient (Wildman–Crippen LogP) is 2.71. The first kappa shape index (κ1) is 12.8. The molecule has 0 amide bonds. The summed E-state index contributed by atoms with van der Waals surface area (Å²) >= 11 is 1.69. The molecule has 1 aliphatic heterocycles. The number of nitrogens with zero attached hydrogens (tertiary/aromatic N) is 1. The van der Waals surface area contributed by atoms with Gasteiger partial charge in [-0.2, -0.15) is 0 Å². The minimum atomic E-state index is 0.412. The fourth-order valence-corrected chi connectivity index (χ4v) is 3.01. The van der Waals surface area contributed by atoms with Gasteiger partial charge in [0, 0.05) is 31.5 Å². The van der Waals surface area contributed by atoms with E-state index >= 15 is 0 Å². The molecule has 0 saturated carbocycles. The number of nitrogens with one attached hydrogen (secondary N) is 1. The zero-order valence-corrected chi connectivity index (χ0v) is 11.6. The quantitative estimate of drug-likeness (QED) is 0.825. The molecule has 1 N–H and O–H groups in total. The molecule has 1 unspecified atom stereocenters. The Kier molecular flexibility index (Phi) is 4.27. The van der Waals surface area contributed by atoms with E-state index in [0.29, 0.717) is 6.10 Å². The van der Waals surface area contributed by atoms with Crippen LogP contribution in [0.2, 0.25) is 0 Å². The van der Waals surface area contributed by atoms with Crippen LogP contribution in [0.5, 0.6) is 0 Å². The Hall–Kier alpha value is -1.17. The standard InChI is InChI=1S/C14H18N2O2S/c1-3-11(17-7-1)9-15-6-5-14-16-12(10-19-14)13-4-2-8-18-13/h2,4,8,10-11,15H,1,3,5-7,9H2. The summed E-state index contributed by atoms with van der Waals surface area (Å²) in [5.41, 5.74) is 0.934. The van der Waals surface area contributed by atoms with Crippen LogP contribution in [0.3, 0.4) is 0 Å². The van der Waals surface area contributed by atoms with Gasteiger partial charge in [0.1, 0.15) is 5.69 Å². The monoisotopic (exact) mass is 278 g/mol. The molecule has 0 bridgehead atoms. The van der Waals surface area contributed by atoms with Crippen molar-refractivity contribution in [2.75, 3.05) is 19.7 Å². The third kappa shape index (κ3) is 3.43. The lowest BCUT2D eigenvalue weighted by atomic mass is 10.2. The molecule has 0 aromatic carbocycles. The molecule has 0 radical (unpaired) electrons. The Morgan fingerprint density at radius 3 is 3.26 bits per heavy atom. The molecule has 0 aliphatic carbocycles. The van der Waals surface area contributed by atoms with Crippen molar-refractivity contribution >= 4 is 11.3 Å². The molecule has 2 aromatic rings. The minimum Gasteiger partial charge on any atom is -0.463 e. The minimum absolute atomic E-state index is 0.412. The number of thiazole rings is 1. The first-order valence-electron chi connectivity index (χ1n) is 6.72. The number of hydrogen-bond acceptors (Lipinski definition) is 5. The van der Waals surface area contributed by atoms with Gasteiger partial charge in [-0.05, 0) is 25.0 Å². The van der Waals surface area contributed by atoms with E-state index in [2.05, 4.69) is 10.3 Å². The van der Waals surface area contributed by atoms with Crippen LogP contribution >= 0.6 is 11.3 Å². The molecule has 1 fully saturated rings. The van der Waals surface area contributed by atoms with Gasteiger partial charge in [-0.15, -0.1) is 11.3 Å². The number of furan rings is 1. The molecule has 1 aliphatic rings. The second-order valence-corrected chi connectivity index (χ2v) is 5.64. The van der Waals surface area contributed by atoms with Crippen LogP contribution in [0.4, 0.5) is 0 Å². The highest BCUT2D eigenvalue weighted by Crippen LogP contribution is 2.22. The van der Waals surface area contributed by atoms with E-state index in [0.717, 1.165) is 42.6 Å². The summed E-state index contributed by atoms with van der Waals surface area (Å²) in [6.07, 6.45) is 5.43. The van der Waals surface area contributed by atoms with Gasteiger partial charge < -0.3 is 14.5 Å². The van der Waals surface area contributed by atoms with Crippen LogP contribution in [0, 0.1) is 0 Å². The average molecular weight is 278 g/mol. The molecule has 1 atom stereocenters. The van der Waals surface area contributed by atoms with Crippen molar-refractivity contribution in [2.45, 2.75) is 25.4 Å². The summed E-state index contributed by atoms with van der Waals surface area (Å²) in [6.45, 7) is 2.83. The molecule has 1 saturated heterocycles. The van der Waals surface area contributed by atoms with Gasteiger partial charge in [0.15, 0.2) is 5.76 Å². The fraction of sp³-hybridized carbons (Fsp3) is 0.500. The third-order valence-corrected chi connectivity index (χ3v) is 4.15. The van der Waals surface area contributed by atoms with Gasteiger partial charge in [-0.1, -0.05) is 0 Å². The molecule has 3 heterocycles. The van der Waals surface area contributed by atoms with Crippen molar-refractivity contribution in [1.82, 2.24) is 10.3 Å². The summed E-state index contributed by atoms with van der Waals surface area (Å²) in [4.78, 5) is 4.58. The van der Waals surface area contributed by atoms with E-state index in [9.17, 15) is 0 Å². The van der Waals surface area contributed by atoms with Crippen LogP contribution in [-0.2, 0) is 11.2 Å². The highest BCUT2D eigenvalue weighted by atomic mass is 32.1. The van der Waals surface area contributed by atoms with E-state index in [4.69, 9.17) is 9.15 Å². The lowest BCUT2D eigenvalue weighted by Crippen LogP contribution is -2.27. The molecule has 102 valence electrons. The van der Waals surface area contributed by atoms with Crippen molar-refractivity contribution < 1.29 is 9.15 Å². The van der Waals surface area contributed by atoms with E-state index in [-0.39, 0.29) is 0 Å². The fourth-order valence-electron chi connectivity index (χ4n) is 2.23. The van der Waals surface area contributed by atoms with Crippen molar-refractivity contribution in [1.29, 1.82) is 0 Å². The Morgan fingerprint density at radius 2 is 2.47 bits per heavy atom. The van der Waals surface area contributed by atoms with Gasteiger partial charge in [-0.3, -0.25) is 0 Å². The Bertz CT molecular complexity index is 489. The summed E-state index contributed by atoms with van der Waals surface area (Å²) in [6, 6.07) is 3.83. The van der Waals surface area contributed by atoms with E-state index in [1.54, 1.807) is 17.6 Å². The molecular formula is C14H18N2O2S. The highest BCUT2D eigenvalue weighted by molar-refractivity contribution is 7.09. The molecule has 5 heteroatoms. The molecule has 4 nitrogen and oxygen atoms in total. The average Bonchev–Trinajstić information content (AvgIpc) is 3.15. The van der Waals surface area contributed by atoms with E-state index < -0.39 is 0 Å². The SMILES string of the molecule is c1coc(-c2csc(CCNCC3CCCO3)n2)c1. The molecule has 3 rings (SSSR count). The molecular weight excluding hydrogens is 260 g/mol. The lowest BCUT2D eigenvalue weighted by molar-refractivity contribution is 0.110. The third-order valence-electron chi connectivity index (χ3n) is 3.24. The van der Waals surface area contributed by atoms with Gasteiger partial charge >= 0.3 is 0 Å². The van der Waals surface area contributed by atoms with Gasteiger partial charge in [-0.25, -0.2) is 4.98 Å². The maximum absolute atomic E-state index is 5.57. The molecule has 0 spiro atoms. The van der Waals surface area contributed by atoms with E-state index in [1.807, 2.05) is 17.5 Å². The highest BCUT2D eigenvalue weighted by Gasteiger charge is 2.14. The van der Waals surface area contributed by atoms with Crippen molar-refractivity contribution in [3.05, 3.63) is 28.8 Å². The van der Waals surface area contributed by atoms with Gasteiger partial charge in [0.2, 0.25) is 0 Å². The normalized spacial score (nSPS) is 19.1. The first-order chi connectivity index (χ1) is 9.42. The smallest absolute Gasteiger partial charge is 0.153 e. The van der Waals surface area contributed by atoms with E-state index in [1.165, 1.54) is 12.8 Å². The van der Waals surface area contributed by atoms with Crippen molar-refractivity contribution in [2.24, 2.45) is 0 Å². The van der Waals surface area contributed by atoms with Crippen LogP contribution in [0.25, 0.3) is 11.5 Å². The Labute approximate surface area is 116 Å². The van der Waals surface area contributed by atoms with Gasteiger partial charge in [0.25, 0.3) is 0 Å². The maximum Gasteiger partial charge on any atom is 0.153 e. The van der Waals surface area contributed by atoms with Crippen molar-refractivity contribution in [3.63, 3.8) is 0 Å². The number of ether oxygens (including phenoxy) is 1. The lowest BCUT2D eigenvalue weighted by Gasteiger charge is -2.09. The zero-order valence-electron chi connectivity index (χ0n) is 10.8.